The van der Waals surface area contributed by atoms with E-state index in [1.54, 1.807) is 16.2 Å². The number of rotatable bonds is 3. The molecule has 18 heavy (non-hydrogen) atoms. The number of hydrogen-bond acceptors (Lipinski definition) is 3. The average molecular weight is 265 g/mol. The number of carboxylic acid groups (broad SMARTS) is 1. The van der Waals surface area contributed by atoms with Crippen molar-refractivity contribution in [1.29, 1.82) is 0 Å². The van der Waals surface area contributed by atoms with E-state index in [9.17, 15) is 9.59 Å². The number of nitrogens with zero attached hydrogens (tertiary/aromatic N) is 1. The predicted octanol–water partition coefficient (Wildman–Crippen LogP) is 1.93. The van der Waals surface area contributed by atoms with Gasteiger partial charge in [-0.15, -0.1) is 0 Å². The minimum Gasteiger partial charge on any atom is -0.480 e. The summed E-state index contributed by atoms with van der Waals surface area (Å²) >= 11 is 1.64. The Balaban J connectivity index is 1.68. The highest BCUT2D eigenvalue weighted by atomic mass is 32.1. The molecule has 5 heteroatoms. The molecule has 1 aromatic rings. The van der Waals surface area contributed by atoms with E-state index in [1.165, 1.54) is 5.56 Å². The molecular formula is C13H15NO3S. The highest BCUT2D eigenvalue weighted by Crippen LogP contribution is 2.49. The molecular weight excluding hydrogens is 250 g/mol. The van der Waals surface area contributed by atoms with Crippen molar-refractivity contribution in [2.24, 2.45) is 5.92 Å². The highest BCUT2D eigenvalue weighted by Gasteiger charge is 2.48. The molecule has 1 amide bonds. The maximum absolute atomic E-state index is 12.3. The lowest BCUT2D eigenvalue weighted by Crippen LogP contribution is -2.41. The Bertz CT molecular complexity index is 471. The first-order valence-corrected chi connectivity index (χ1v) is 7.18. The maximum Gasteiger partial charge on any atom is 0.326 e. The molecule has 1 aliphatic carbocycles. The maximum atomic E-state index is 12.3. The molecule has 2 fully saturated rings. The summed E-state index contributed by atoms with van der Waals surface area (Å²) in [7, 11) is 0. The molecule has 1 aromatic heterocycles. The molecule has 0 aromatic carbocycles. The van der Waals surface area contributed by atoms with Crippen LogP contribution in [0.15, 0.2) is 16.8 Å². The summed E-state index contributed by atoms with van der Waals surface area (Å²) in [6.45, 7) is 0.600. The highest BCUT2D eigenvalue weighted by molar-refractivity contribution is 7.08. The SMILES string of the molecule is O=C(O)C1CCCN1C(=O)[C@@H]1C[C@H]1c1ccsc1. The molecule has 3 rings (SSSR count). The molecule has 0 spiro atoms. The van der Waals surface area contributed by atoms with E-state index in [2.05, 4.69) is 11.4 Å². The molecule has 1 saturated heterocycles. The third-order valence-corrected chi connectivity index (χ3v) is 4.60. The molecule has 1 aliphatic heterocycles. The number of amides is 1. The third kappa shape index (κ3) is 1.92. The van der Waals surface area contributed by atoms with Crippen LogP contribution < -0.4 is 0 Å². The first-order chi connectivity index (χ1) is 8.68. The molecule has 0 radical (unpaired) electrons. The number of carbonyl (C=O) groups is 2. The van der Waals surface area contributed by atoms with Crippen molar-refractivity contribution in [1.82, 2.24) is 4.90 Å². The Morgan fingerprint density at radius 1 is 1.44 bits per heavy atom. The summed E-state index contributed by atoms with van der Waals surface area (Å²) in [5.41, 5.74) is 1.23. The van der Waals surface area contributed by atoms with Gasteiger partial charge >= 0.3 is 5.97 Å². The Morgan fingerprint density at radius 2 is 2.28 bits per heavy atom. The van der Waals surface area contributed by atoms with Gasteiger partial charge in [0.2, 0.25) is 5.91 Å². The van der Waals surface area contributed by atoms with Gasteiger partial charge in [-0.25, -0.2) is 4.79 Å². The molecule has 2 heterocycles. The van der Waals surface area contributed by atoms with E-state index >= 15 is 0 Å². The van der Waals surface area contributed by atoms with Gasteiger partial charge in [0.15, 0.2) is 0 Å². The van der Waals surface area contributed by atoms with Crippen molar-refractivity contribution in [2.45, 2.75) is 31.2 Å². The van der Waals surface area contributed by atoms with Gasteiger partial charge in [-0.05, 0) is 47.6 Å². The van der Waals surface area contributed by atoms with Gasteiger partial charge in [0, 0.05) is 12.5 Å². The number of likely N-dealkylation sites (tertiary alicyclic amines) is 1. The molecule has 1 saturated carbocycles. The molecule has 3 atom stereocenters. The van der Waals surface area contributed by atoms with Crippen molar-refractivity contribution >= 4 is 23.2 Å². The summed E-state index contributed by atoms with van der Waals surface area (Å²) in [6.07, 6.45) is 2.27. The fourth-order valence-electron chi connectivity index (χ4n) is 2.82. The summed E-state index contributed by atoms with van der Waals surface area (Å²) in [5, 5.41) is 13.2. The minimum atomic E-state index is -0.867. The van der Waals surface area contributed by atoms with Crippen LogP contribution in [-0.2, 0) is 9.59 Å². The van der Waals surface area contributed by atoms with Crippen LogP contribution in [0.1, 0.15) is 30.7 Å². The van der Waals surface area contributed by atoms with Gasteiger partial charge in [-0.2, -0.15) is 11.3 Å². The van der Waals surface area contributed by atoms with Crippen LogP contribution in [0, 0.1) is 5.92 Å². The quantitative estimate of drug-likeness (QED) is 0.908. The lowest BCUT2D eigenvalue weighted by atomic mass is 10.1. The van der Waals surface area contributed by atoms with Gasteiger partial charge in [0.05, 0.1) is 0 Å². The number of carboxylic acids is 1. The lowest BCUT2D eigenvalue weighted by molar-refractivity contribution is -0.148. The van der Waals surface area contributed by atoms with E-state index < -0.39 is 12.0 Å². The zero-order chi connectivity index (χ0) is 12.7. The second-order valence-corrected chi connectivity index (χ2v) is 5.81. The summed E-state index contributed by atoms with van der Waals surface area (Å²) < 4.78 is 0. The fourth-order valence-corrected chi connectivity index (χ4v) is 3.55. The Morgan fingerprint density at radius 3 is 2.94 bits per heavy atom. The predicted molar refractivity (Wildman–Crippen MR) is 67.5 cm³/mol. The van der Waals surface area contributed by atoms with Gasteiger partial charge < -0.3 is 10.0 Å². The summed E-state index contributed by atoms with van der Waals surface area (Å²) in [6, 6.07) is 1.46. The topological polar surface area (TPSA) is 57.6 Å². The largest absolute Gasteiger partial charge is 0.480 e. The van der Waals surface area contributed by atoms with E-state index in [4.69, 9.17) is 5.11 Å². The average Bonchev–Trinajstić information content (AvgIpc) is 2.84. The van der Waals surface area contributed by atoms with Crippen molar-refractivity contribution in [3.05, 3.63) is 22.4 Å². The van der Waals surface area contributed by atoms with Crippen molar-refractivity contribution in [3.63, 3.8) is 0 Å². The molecule has 1 N–H and O–H groups in total. The standard InChI is InChI=1S/C13H15NO3S/c15-12(14-4-1-2-11(14)13(16)17)10-6-9(10)8-3-5-18-7-8/h3,5,7,9-11H,1-2,4,6H2,(H,16,17)/t9-,10+,11?/m0/s1. The molecule has 96 valence electrons. The van der Waals surface area contributed by atoms with E-state index in [0.29, 0.717) is 18.9 Å². The van der Waals surface area contributed by atoms with Crippen LogP contribution in [0.4, 0.5) is 0 Å². The van der Waals surface area contributed by atoms with Gasteiger partial charge in [0.25, 0.3) is 0 Å². The monoisotopic (exact) mass is 265 g/mol. The number of aliphatic carboxylic acids is 1. The Labute approximate surface area is 109 Å². The van der Waals surface area contributed by atoms with E-state index in [-0.39, 0.29) is 11.8 Å². The van der Waals surface area contributed by atoms with Gasteiger partial charge in [-0.3, -0.25) is 4.79 Å². The number of carbonyl (C=O) groups excluding carboxylic acids is 1. The number of thiophene rings is 1. The fraction of sp³-hybridized carbons (Fsp3) is 0.538. The van der Waals surface area contributed by atoms with Crippen molar-refractivity contribution in [3.8, 4) is 0 Å². The van der Waals surface area contributed by atoms with Crippen LogP contribution >= 0.6 is 11.3 Å². The van der Waals surface area contributed by atoms with E-state index in [0.717, 1.165) is 12.8 Å². The molecule has 1 unspecified atom stereocenters. The second kappa shape index (κ2) is 4.39. The lowest BCUT2D eigenvalue weighted by Gasteiger charge is -2.21. The number of hydrogen-bond donors (Lipinski definition) is 1. The zero-order valence-corrected chi connectivity index (χ0v) is 10.7. The first-order valence-electron chi connectivity index (χ1n) is 6.24. The van der Waals surface area contributed by atoms with Crippen molar-refractivity contribution < 1.29 is 14.7 Å². The normalized spacial score (nSPS) is 30.4. The summed E-state index contributed by atoms with van der Waals surface area (Å²) in [4.78, 5) is 24.9. The molecule has 0 bridgehead atoms. The Kier molecular flexibility index (Phi) is 2.86. The van der Waals surface area contributed by atoms with Crippen molar-refractivity contribution in [2.75, 3.05) is 6.54 Å². The first kappa shape index (κ1) is 11.7. The minimum absolute atomic E-state index is 0.0135. The van der Waals surface area contributed by atoms with Crippen LogP contribution in [0.3, 0.4) is 0 Å². The van der Waals surface area contributed by atoms with Crippen LogP contribution in [0.25, 0.3) is 0 Å². The van der Waals surface area contributed by atoms with Crippen LogP contribution in [0.2, 0.25) is 0 Å². The third-order valence-electron chi connectivity index (χ3n) is 3.90. The second-order valence-electron chi connectivity index (χ2n) is 5.03. The summed E-state index contributed by atoms with van der Waals surface area (Å²) in [5.74, 6) is -0.497. The van der Waals surface area contributed by atoms with Crippen LogP contribution in [-0.4, -0.2) is 34.5 Å². The Hall–Kier alpha value is -1.36. The van der Waals surface area contributed by atoms with E-state index in [1.807, 2.05) is 5.38 Å². The molecule has 2 aliphatic rings. The zero-order valence-electron chi connectivity index (χ0n) is 9.91. The van der Waals surface area contributed by atoms with Crippen LogP contribution in [0.5, 0.6) is 0 Å². The smallest absolute Gasteiger partial charge is 0.326 e. The van der Waals surface area contributed by atoms with Gasteiger partial charge in [-0.1, -0.05) is 0 Å². The van der Waals surface area contributed by atoms with Gasteiger partial charge in [0.1, 0.15) is 6.04 Å². The molecule has 4 nitrogen and oxygen atoms in total.